The lowest BCUT2D eigenvalue weighted by molar-refractivity contribution is -0.150. The van der Waals surface area contributed by atoms with Crippen molar-refractivity contribution in [2.75, 3.05) is 6.61 Å². The number of rotatable bonds is 50. The third-order valence-electron chi connectivity index (χ3n) is 12.4. The fourth-order valence-electron chi connectivity index (χ4n) is 8.13. The fraction of sp³-hybridized carbons (Fsp3) is 0.710. The van der Waals surface area contributed by atoms with Crippen LogP contribution in [0.2, 0.25) is 0 Å². The number of ether oxygens (including phenoxy) is 1. The second-order valence-electron chi connectivity index (χ2n) is 19.0. The minimum absolute atomic E-state index is 0.0334. The first kappa shape index (κ1) is 64.8. The molecule has 3 N–H and O–H groups in total. The third-order valence-corrected chi connectivity index (χ3v) is 12.4. The van der Waals surface area contributed by atoms with E-state index >= 15 is 0 Å². The highest BCUT2D eigenvalue weighted by molar-refractivity contribution is 5.77. The summed E-state index contributed by atoms with van der Waals surface area (Å²) in [6, 6.07) is -0.727. The minimum Gasteiger partial charge on any atom is -0.462 e. The van der Waals surface area contributed by atoms with Gasteiger partial charge in [0.05, 0.1) is 25.2 Å². The maximum Gasteiger partial charge on any atom is 0.306 e. The standard InChI is InChI=1S/C62H107NO5/c1-4-7-10-13-16-19-22-25-28-29-30-31-34-37-40-43-46-49-52-55-62(67)68-58(53-50-47-44-41-38-35-32-26-23-20-17-14-11-8-5-2)56-61(66)63-59(57-64)60(65)54-51-48-45-42-39-36-33-27-24-21-18-15-12-9-6-3/h7,10,16-17,19-20,25-26,28,30-32,37,40,46,49,58-60,64-65H,4-6,8-9,11-15,18,21-24,27,29,33-36,38-39,41-45,47-48,50-57H2,1-3H3,(H,63,66)/b10-7-,19-16-,20-17-,28-25-,31-30-,32-26-,40-37-,49-46-. The van der Waals surface area contributed by atoms with E-state index in [2.05, 4.69) is 117 Å². The smallest absolute Gasteiger partial charge is 0.306 e. The summed E-state index contributed by atoms with van der Waals surface area (Å²) in [5.41, 5.74) is 0. The van der Waals surface area contributed by atoms with Crippen LogP contribution in [0.3, 0.4) is 0 Å². The maximum absolute atomic E-state index is 13.3. The van der Waals surface area contributed by atoms with Crippen molar-refractivity contribution >= 4 is 11.9 Å². The lowest BCUT2D eigenvalue weighted by atomic mass is 10.0. The first-order chi connectivity index (χ1) is 33.5. The Hall–Kier alpha value is -3.22. The molecule has 3 atom stereocenters. The average molecular weight is 947 g/mol. The number of carbonyl (C=O) groups is 2. The third kappa shape index (κ3) is 49.2. The minimum atomic E-state index is -0.810. The van der Waals surface area contributed by atoms with E-state index in [-0.39, 0.29) is 31.3 Å². The molecule has 0 saturated heterocycles. The van der Waals surface area contributed by atoms with Gasteiger partial charge in [-0.25, -0.2) is 0 Å². The van der Waals surface area contributed by atoms with Crippen LogP contribution in [0.4, 0.5) is 0 Å². The monoisotopic (exact) mass is 946 g/mol. The van der Waals surface area contributed by atoms with Crippen LogP contribution in [0.25, 0.3) is 0 Å². The largest absolute Gasteiger partial charge is 0.462 e. The number of aliphatic hydroxyl groups excluding tert-OH is 2. The zero-order chi connectivity index (χ0) is 49.5. The van der Waals surface area contributed by atoms with Gasteiger partial charge in [-0.3, -0.25) is 9.59 Å². The van der Waals surface area contributed by atoms with Crippen molar-refractivity contribution < 1.29 is 24.5 Å². The molecule has 0 radical (unpaired) electrons. The van der Waals surface area contributed by atoms with Gasteiger partial charge in [0, 0.05) is 6.42 Å². The number of amides is 1. The van der Waals surface area contributed by atoms with Crippen LogP contribution in [0.15, 0.2) is 97.2 Å². The predicted octanol–water partition coefficient (Wildman–Crippen LogP) is 17.7. The molecule has 0 aromatic heterocycles. The van der Waals surface area contributed by atoms with Crippen LogP contribution >= 0.6 is 0 Å². The molecular weight excluding hydrogens is 839 g/mol. The van der Waals surface area contributed by atoms with Gasteiger partial charge in [0.15, 0.2) is 0 Å². The molecule has 0 bridgehead atoms. The molecule has 0 aliphatic heterocycles. The molecule has 0 aliphatic rings. The molecule has 0 fully saturated rings. The number of hydrogen-bond acceptors (Lipinski definition) is 5. The van der Waals surface area contributed by atoms with Crippen LogP contribution in [0.5, 0.6) is 0 Å². The highest BCUT2D eigenvalue weighted by Crippen LogP contribution is 2.17. The molecule has 6 heteroatoms. The Bertz CT molecular complexity index is 1340. The van der Waals surface area contributed by atoms with Gasteiger partial charge < -0.3 is 20.3 Å². The zero-order valence-corrected chi connectivity index (χ0v) is 44.5. The van der Waals surface area contributed by atoms with Crippen molar-refractivity contribution in [3.8, 4) is 0 Å². The van der Waals surface area contributed by atoms with E-state index in [0.717, 1.165) is 103 Å². The van der Waals surface area contributed by atoms with Crippen molar-refractivity contribution in [3.05, 3.63) is 97.2 Å². The Morgan fingerprint density at radius 2 is 0.794 bits per heavy atom. The number of allylic oxidation sites excluding steroid dienone is 16. The first-order valence-electron chi connectivity index (χ1n) is 28.5. The molecule has 3 unspecified atom stereocenters. The molecule has 0 heterocycles. The van der Waals surface area contributed by atoms with Crippen molar-refractivity contribution in [2.24, 2.45) is 0 Å². The lowest BCUT2D eigenvalue weighted by Crippen LogP contribution is -2.46. The topological polar surface area (TPSA) is 95.9 Å². The molecule has 6 nitrogen and oxygen atoms in total. The zero-order valence-electron chi connectivity index (χ0n) is 44.5. The van der Waals surface area contributed by atoms with E-state index in [1.807, 2.05) is 6.08 Å². The van der Waals surface area contributed by atoms with E-state index < -0.39 is 18.2 Å². The highest BCUT2D eigenvalue weighted by atomic mass is 16.5. The number of esters is 1. The summed E-state index contributed by atoms with van der Waals surface area (Å²) in [5, 5.41) is 23.9. The molecule has 1 amide bonds. The van der Waals surface area contributed by atoms with Gasteiger partial charge in [-0.1, -0.05) is 246 Å². The molecule has 390 valence electrons. The Morgan fingerprint density at radius 1 is 0.441 bits per heavy atom. The van der Waals surface area contributed by atoms with Gasteiger partial charge in [-0.15, -0.1) is 0 Å². The predicted molar refractivity (Wildman–Crippen MR) is 296 cm³/mol. The molecule has 0 aliphatic carbocycles. The first-order valence-corrected chi connectivity index (χ1v) is 28.5. The molecule has 0 aromatic rings. The molecule has 0 saturated carbocycles. The number of carbonyl (C=O) groups excluding carboxylic acids is 2. The van der Waals surface area contributed by atoms with Gasteiger partial charge in [0.2, 0.25) is 5.91 Å². The Balaban J connectivity index is 4.71. The van der Waals surface area contributed by atoms with E-state index in [0.29, 0.717) is 19.3 Å². The normalized spacial score (nSPS) is 13.9. The maximum atomic E-state index is 13.3. The summed E-state index contributed by atoms with van der Waals surface area (Å²) in [6.07, 6.45) is 73.3. The van der Waals surface area contributed by atoms with Gasteiger partial charge in [-0.2, -0.15) is 0 Å². The second-order valence-corrected chi connectivity index (χ2v) is 19.0. The van der Waals surface area contributed by atoms with E-state index in [9.17, 15) is 19.8 Å². The second kappa shape index (κ2) is 54.7. The molecule has 0 aromatic carbocycles. The average Bonchev–Trinajstić information content (AvgIpc) is 3.33. The SMILES string of the molecule is CC/C=C\C/C=C\C/C=C\C/C=C\C/C=C\C/C=C\CCC(=O)OC(CCCCCCC/C=C\C/C=C\CCCCC)CC(=O)NC(CO)C(O)CCCCCCCCCCCCCCCCC. The van der Waals surface area contributed by atoms with Gasteiger partial charge >= 0.3 is 5.97 Å². The van der Waals surface area contributed by atoms with Crippen LogP contribution in [0, 0.1) is 0 Å². The van der Waals surface area contributed by atoms with Gasteiger partial charge in [-0.05, 0) is 96.3 Å². The van der Waals surface area contributed by atoms with Crippen molar-refractivity contribution in [3.63, 3.8) is 0 Å². The van der Waals surface area contributed by atoms with E-state index in [1.165, 1.54) is 103 Å². The summed E-state index contributed by atoms with van der Waals surface area (Å²) in [4.78, 5) is 26.2. The van der Waals surface area contributed by atoms with Crippen LogP contribution in [0.1, 0.15) is 258 Å². The summed E-state index contributed by atoms with van der Waals surface area (Å²) >= 11 is 0. The fourth-order valence-corrected chi connectivity index (χ4v) is 8.13. The Kier molecular flexibility index (Phi) is 52.1. The van der Waals surface area contributed by atoms with Crippen LogP contribution < -0.4 is 5.32 Å². The highest BCUT2D eigenvalue weighted by Gasteiger charge is 2.24. The van der Waals surface area contributed by atoms with Crippen LogP contribution in [-0.2, 0) is 14.3 Å². The molecular formula is C62H107NO5. The summed E-state index contributed by atoms with van der Waals surface area (Å²) in [6.45, 7) is 6.34. The van der Waals surface area contributed by atoms with Crippen LogP contribution in [-0.4, -0.2) is 46.9 Å². The summed E-state index contributed by atoms with van der Waals surface area (Å²) in [5.74, 6) is -0.589. The van der Waals surface area contributed by atoms with E-state index in [1.54, 1.807) is 0 Å². The quantitative estimate of drug-likeness (QED) is 0.0321. The van der Waals surface area contributed by atoms with Gasteiger partial charge in [0.1, 0.15) is 6.10 Å². The Morgan fingerprint density at radius 3 is 1.24 bits per heavy atom. The Labute approximate surface area is 420 Å². The summed E-state index contributed by atoms with van der Waals surface area (Å²) in [7, 11) is 0. The van der Waals surface area contributed by atoms with Crippen molar-refractivity contribution in [1.82, 2.24) is 5.32 Å². The van der Waals surface area contributed by atoms with Gasteiger partial charge in [0.25, 0.3) is 0 Å². The number of unbranched alkanes of at least 4 members (excludes halogenated alkanes) is 22. The lowest BCUT2D eigenvalue weighted by Gasteiger charge is -2.24. The number of nitrogens with one attached hydrogen (secondary N) is 1. The molecule has 0 rings (SSSR count). The van der Waals surface area contributed by atoms with Crippen molar-refractivity contribution in [1.29, 1.82) is 0 Å². The summed E-state index contributed by atoms with van der Waals surface area (Å²) < 4.78 is 5.91. The van der Waals surface area contributed by atoms with E-state index in [4.69, 9.17) is 4.74 Å². The number of aliphatic hydroxyl groups is 2. The molecule has 0 spiro atoms. The number of hydrogen-bond donors (Lipinski definition) is 3. The molecule has 68 heavy (non-hydrogen) atoms. The van der Waals surface area contributed by atoms with Crippen molar-refractivity contribution in [2.45, 2.75) is 277 Å².